The summed E-state index contributed by atoms with van der Waals surface area (Å²) in [5.74, 6) is 0.644. The molecule has 0 spiro atoms. The first kappa shape index (κ1) is 22.5. The molecule has 0 aliphatic rings. The standard InChI is InChI=1S/C22H25N3O5S/c1-3-29-17-8-6-15(7-9-17)13-16(22(27)28-2)14-23-19(26)10-11-20-24-21(25-30-20)18-5-4-12-31-18/h4-9,12,16H,3,10-11,13-14H2,1-2H3,(H,23,26)/t16-/m0/s1. The first-order valence-electron chi connectivity index (χ1n) is 10.0. The van der Waals surface area contributed by atoms with Crippen LogP contribution in [0.25, 0.3) is 10.7 Å². The van der Waals surface area contributed by atoms with Gasteiger partial charge in [0.25, 0.3) is 0 Å². The predicted octanol–water partition coefficient (Wildman–Crippen LogP) is 3.28. The number of esters is 1. The SMILES string of the molecule is CCOc1ccc(C[C@@H](CNC(=O)CCc2nc(-c3cccs3)no2)C(=O)OC)cc1. The van der Waals surface area contributed by atoms with Gasteiger partial charge in [0, 0.05) is 19.4 Å². The van der Waals surface area contributed by atoms with Crippen LogP contribution in [0.4, 0.5) is 0 Å². The second-order valence-corrected chi connectivity index (χ2v) is 7.74. The van der Waals surface area contributed by atoms with Crippen molar-refractivity contribution in [2.45, 2.75) is 26.2 Å². The minimum atomic E-state index is -0.485. The molecule has 0 saturated heterocycles. The van der Waals surface area contributed by atoms with Gasteiger partial charge in [0.2, 0.25) is 17.6 Å². The Kier molecular flexibility index (Phi) is 8.17. The zero-order valence-electron chi connectivity index (χ0n) is 17.5. The lowest BCUT2D eigenvalue weighted by Crippen LogP contribution is -2.34. The third kappa shape index (κ3) is 6.65. The van der Waals surface area contributed by atoms with E-state index in [1.807, 2.05) is 48.7 Å². The number of thiophene rings is 1. The minimum Gasteiger partial charge on any atom is -0.494 e. The summed E-state index contributed by atoms with van der Waals surface area (Å²) in [5, 5.41) is 8.67. The van der Waals surface area contributed by atoms with Gasteiger partial charge in [0.1, 0.15) is 5.75 Å². The molecular formula is C22H25N3O5S. The summed E-state index contributed by atoms with van der Waals surface area (Å²) in [7, 11) is 1.34. The van der Waals surface area contributed by atoms with E-state index in [1.54, 1.807) is 0 Å². The van der Waals surface area contributed by atoms with E-state index < -0.39 is 5.92 Å². The van der Waals surface area contributed by atoms with Crippen LogP contribution in [0, 0.1) is 5.92 Å². The van der Waals surface area contributed by atoms with Crippen molar-refractivity contribution in [3.05, 3.63) is 53.2 Å². The fraction of sp³-hybridized carbons (Fsp3) is 0.364. The van der Waals surface area contributed by atoms with Crippen molar-refractivity contribution >= 4 is 23.2 Å². The zero-order chi connectivity index (χ0) is 22.1. The lowest BCUT2D eigenvalue weighted by Gasteiger charge is -2.16. The second kappa shape index (κ2) is 11.3. The van der Waals surface area contributed by atoms with Crippen LogP contribution in [0.2, 0.25) is 0 Å². The van der Waals surface area contributed by atoms with Gasteiger partial charge in [-0.05, 0) is 42.5 Å². The summed E-state index contributed by atoms with van der Waals surface area (Å²) in [6, 6.07) is 11.4. The molecule has 2 heterocycles. The van der Waals surface area contributed by atoms with E-state index >= 15 is 0 Å². The number of benzene rings is 1. The highest BCUT2D eigenvalue weighted by molar-refractivity contribution is 7.13. The molecule has 164 valence electrons. The Balaban J connectivity index is 1.49. The highest BCUT2D eigenvalue weighted by atomic mass is 32.1. The number of ether oxygens (including phenoxy) is 2. The van der Waals surface area contributed by atoms with Gasteiger partial charge in [0.15, 0.2) is 0 Å². The maximum atomic E-state index is 12.3. The number of nitrogens with one attached hydrogen (secondary N) is 1. The fourth-order valence-electron chi connectivity index (χ4n) is 2.99. The van der Waals surface area contributed by atoms with Crippen LogP contribution in [0.1, 0.15) is 24.8 Å². The molecule has 1 amide bonds. The van der Waals surface area contributed by atoms with Crippen molar-refractivity contribution in [1.29, 1.82) is 0 Å². The van der Waals surface area contributed by atoms with Crippen molar-refractivity contribution in [3.8, 4) is 16.5 Å². The number of aromatic nitrogens is 2. The number of hydrogen-bond acceptors (Lipinski definition) is 8. The van der Waals surface area contributed by atoms with Crippen LogP contribution in [0.15, 0.2) is 46.3 Å². The van der Waals surface area contributed by atoms with E-state index in [2.05, 4.69) is 15.5 Å². The molecule has 0 bridgehead atoms. The Morgan fingerprint density at radius 1 is 1.23 bits per heavy atom. The van der Waals surface area contributed by atoms with E-state index in [0.29, 0.717) is 31.2 Å². The average Bonchev–Trinajstić information content (AvgIpc) is 3.48. The molecule has 0 radical (unpaired) electrons. The molecule has 0 aliphatic heterocycles. The van der Waals surface area contributed by atoms with Crippen molar-refractivity contribution in [2.24, 2.45) is 5.92 Å². The van der Waals surface area contributed by atoms with Crippen LogP contribution < -0.4 is 10.1 Å². The summed E-state index contributed by atoms with van der Waals surface area (Å²) in [5.41, 5.74) is 0.958. The Morgan fingerprint density at radius 3 is 2.71 bits per heavy atom. The fourth-order valence-corrected chi connectivity index (χ4v) is 3.64. The molecule has 9 heteroatoms. The van der Waals surface area contributed by atoms with Gasteiger partial charge in [-0.2, -0.15) is 4.98 Å². The molecule has 31 heavy (non-hydrogen) atoms. The molecule has 0 unspecified atom stereocenters. The zero-order valence-corrected chi connectivity index (χ0v) is 18.3. The number of rotatable bonds is 11. The highest BCUT2D eigenvalue weighted by Crippen LogP contribution is 2.21. The Bertz CT molecular complexity index is 969. The van der Waals surface area contributed by atoms with Gasteiger partial charge in [0.05, 0.1) is 24.5 Å². The molecule has 1 atom stereocenters. The lowest BCUT2D eigenvalue weighted by molar-refractivity contribution is -0.145. The normalized spacial score (nSPS) is 11.7. The van der Waals surface area contributed by atoms with Gasteiger partial charge in [-0.1, -0.05) is 23.4 Å². The van der Waals surface area contributed by atoms with Gasteiger partial charge >= 0.3 is 5.97 Å². The van der Waals surface area contributed by atoms with E-state index in [-0.39, 0.29) is 24.8 Å². The maximum absolute atomic E-state index is 12.3. The van der Waals surface area contributed by atoms with E-state index in [4.69, 9.17) is 14.0 Å². The Morgan fingerprint density at radius 2 is 2.03 bits per heavy atom. The summed E-state index contributed by atoms with van der Waals surface area (Å²) in [4.78, 5) is 29.6. The summed E-state index contributed by atoms with van der Waals surface area (Å²) >= 11 is 1.52. The van der Waals surface area contributed by atoms with Gasteiger partial charge < -0.3 is 19.3 Å². The molecule has 0 fully saturated rings. The first-order chi connectivity index (χ1) is 15.1. The van der Waals surface area contributed by atoms with E-state index in [1.165, 1.54) is 18.4 Å². The van der Waals surface area contributed by atoms with Crippen LogP contribution in [0.3, 0.4) is 0 Å². The number of carbonyl (C=O) groups is 2. The van der Waals surface area contributed by atoms with Crippen molar-refractivity contribution in [1.82, 2.24) is 15.5 Å². The van der Waals surface area contributed by atoms with Crippen molar-refractivity contribution < 1.29 is 23.6 Å². The van der Waals surface area contributed by atoms with Crippen molar-refractivity contribution in [3.63, 3.8) is 0 Å². The molecule has 0 saturated carbocycles. The van der Waals surface area contributed by atoms with Crippen LogP contribution in [0.5, 0.6) is 5.75 Å². The second-order valence-electron chi connectivity index (χ2n) is 6.79. The third-order valence-electron chi connectivity index (χ3n) is 4.57. The number of aryl methyl sites for hydroxylation is 1. The maximum Gasteiger partial charge on any atom is 0.310 e. The van der Waals surface area contributed by atoms with Crippen LogP contribution in [-0.2, 0) is 27.2 Å². The predicted molar refractivity (Wildman–Crippen MR) is 116 cm³/mol. The number of methoxy groups -OCH3 is 1. The molecular weight excluding hydrogens is 418 g/mol. The minimum absolute atomic E-state index is 0.184. The topological polar surface area (TPSA) is 104 Å². The highest BCUT2D eigenvalue weighted by Gasteiger charge is 2.21. The quantitative estimate of drug-likeness (QED) is 0.454. The lowest BCUT2D eigenvalue weighted by atomic mass is 9.99. The Labute approximate surface area is 184 Å². The number of carbonyl (C=O) groups excluding carboxylic acids is 2. The molecule has 1 aromatic carbocycles. The summed E-state index contributed by atoms with van der Waals surface area (Å²) in [6.45, 7) is 2.70. The van der Waals surface area contributed by atoms with Crippen LogP contribution in [-0.4, -0.2) is 42.3 Å². The number of amides is 1. The van der Waals surface area contributed by atoms with E-state index in [0.717, 1.165) is 16.2 Å². The Hall–Kier alpha value is -3.20. The van der Waals surface area contributed by atoms with Gasteiger partial charge in [-0.3, -0.25) is 9.59 Å². The first-order valence-corrected chi connectivity index (χ1v) is 10.9. The molecule has 2 aromatic heterocycles. The van der Waals surface area contributed by atoms with Gasteiger partial charge in [-0.15, -0.1) is 11.3 Å². The monoisotopic (exact) mass is 443 g/mol. The molecule has 3 aromatic rings. The van der Waals surface area contributed by atoms with Gasteiger partial charge in [-0.25, -0.2) is 0 Å². The summed E-state index contributed by atoms with van der Waals surface area (Å²) in [6.07, 6.45) is 0.961. The molecule has 8 nitrogen and oxygen atoms in total. The average molecular weight is 444 g/mol. The number of nitrogens with zero attached hydrogens (tertiary/aromatic N) is 2. The summed E-state index contributed by atoms with van der Waals surface area (Å²) < 4.78 is 15.5. The molecule has 0 aliphatic carbocycles. The molecule has 1 N–H and O–H groups in total. The van der Waals surface area contributed by atoms with Crippen molar-refractivity contribution in [2.75, 3.05) is 20.3 Å². The van der Waals surface area contributed by atoms with E-state index in [9.17, 15) is 9.59 Å². The number of hydrogen-bond donors (Lipinski definition) is 1. The smallest absolute Gasteiger partial charge is 0.310 e. The van der Waals surface area contributed by atoms with Crippen LogP contribution >= 0.6 is 11.3 Å². The largest absolute Gasteiger partial charge is 0.494 e. The third-order valence-corrected chi connectivity index (χ3v) is 5.44. The molecule has 3 rings (SSSR count).